The van der Waals surface area contributed by atoms with E-state index < -0.39 is 5.54 Å². The first-order chi connectivity index (χ1) is 6.12. The molecule has 70 valence electrons. The van der Waals surface area contributed by atoms with E-state index in [1.807, 2.05) is 0 Å². The van der Waals surface area contributed by atoms with Crippen LogP contribution in [0.2, 0.25) is 4.34 Å². The number of hydrogen-bond acceptors (Lipinski definition) is 3. The lowest BCUT2D eigenvalue weighted by atomic mass is 9.74. The molecule has 1 fully saturated rings. The molecule has 0 bridgehead atoms. The maximum absolute atomic E-state index is 11.8. The van der Waals surface area contributed by atoms with E-state index in [0.29, 0.717) is 9.21 Å². The van der Waals surface area contributed by atoms with Gasteiger partial charge in [0, 0.05) is 0 Å². The molecule has 2 N–H and O–H groups in total. The van der Waals surface area contributed by atoms with E-state index in [-0.39, 0.29) is 5.78 Å². The molecule has 0 aliphatic heterocycles. The zero-order valence-corrected chi connectivity index (χ0v) is 8.62. The molecule has 13 heavy (non-hydrogen) atoms. The van der Waals surface area contributed by atoms with Crippen molar-refractivity contribution in [3.8, 4) is 0 Å². The van der Waals surface area contributed by atoms with Crippen LogP contribution in [0, 0.1) is 0 Å². The molecular weight excluding hydrogens is 206 g/mol. The molecular formula is C9H10ClNOS. The van der Waals surface area contributed by atoms with Gasteiger partial charge in [0.25, 0.3) is 0 Å². The smallest absolute Gasteiger partial charge is 0.192 e. The molecule has 1 aliphatic rings. The van der Waals surface area contributed by atoms with Gasteiger partial charge in [-0.1, -0.05) is 11.6 Å². The average molecular weight is 216 g/mol. The molecule has 1 aromatic heterocycles. The fourth-order valence-corrected chi connectivity index (χ4v) is 2.56. The Bertz CT molecular complexity index is 343. The Morgan fingerprint density at radius 2 is 2.23 bits per heavy atom. The Morgan fingerprint density at radius 1 is 1.54 bits per heavy atom. The van der Waals surface area contributed by atoms with Gasteiger partial charge >= 0.3 is 0 Å². The maximum atomic E-state index is 11.8. The number of nitrogens with two attached hydrogens (primary N) is 1. The summed E-state index contributed by atoms with van der Waals surface area (Å²) >= 11 is 7.05. The Hall–Kier alpha value is -0.380. The first-order valence-electron chi connectivity index (χ1n) is 4.21. The molecule has 0 amide bonds. The molecule has 4 heteroatoms. The third-order valence-corrected chi connectivity index (χ3v) is 3.72. The number of Topliss-reactive ketones (excluding diaryl/α,β-unsaturated/α-hetero) is 1. The molecule has 0 radical (unpaired) electrons. The van der Waals surface area contributed by atoms with Gasteiger partial charge < -0.3 is 5.73 Å². The monoisotopic (exact) mass is 215 g/mol. The van der Waals surface area contributed by atoms with E-state index in [1.165, 1.54) is 11.3 Å². The van der Waals surface area contributed by atoms with Crippen LogP contribution in [0.3, 0.4) is 0 Å². The molecule has 2 nitrogen and oxygen atoms in total. The van der Waals surface area contributed by atoms with Crippen LogP contribution >= 0.6 is 22.9 Å². The highest BCUT2D eigenvalue weighted by Gasteiger charge is 2.40. The average Bonchev–Trinajstić information content (AvgIpc) is 2.46. The largest absolute Gasteiger partial charge is 0.319 e. The number of halogens is 1. The van der Waals surface area contributed by atoms with Gasteiger partial charge in [0.15, 0.2) is 5.78 Å². The molecule has 1 aliphatic carbocycles. The van der Waals surface area contributed by atoms with Crippen molar-refractivity contribution in [3.63, 3.8) is 0 Å². The number of hydrogen-bond donors (Lipinski definition) is 1. The first kappa shape index (κ1) is 9.19. The van der Waals surface area contributed by atoms with Gasteiger partial charge in [0.05, 0.1) is 14.8 Å². The van der Waals surface area contributed by atoms with Gasteiger partial charge in [0.2, 0.25) is 0 Å². The van der Waals surface area contributed by atoms with Crippen molar-refractivity contribution in [2.45, 2.75) is 24.8 Å². The van der Waals surface area contributed by atoms with Gasteiger partial charge in [-0.15, -0.1) is 11.3 Å². The first-order valence-corrected chi connectivity index (χ1v) is 5.40. The van der Waals surface area contributed by atoms with E-state index in [2.05, 4.69) is 0 Å². The molecule has 2 rings (SSSR count). The highest BCUT2D eigenvalue weighted by Crippen LogP contribution is 2.34. The Kier molecular flexibility index (Phi) is 2.18. The van der Waals surface area contributed by atoms with Crippen molar-refractivity contribution in [2.24, 2.45) is 5.73 Å². The number of carbonyl (C=O) groups excluding carboxylic acids is 1. The fraction of sp³-hybridized carbons (Fsp3) is 0.444. The minimum atomic E-state index is -0.589. The minimum absolute atomic E-state index is 0.0515. The second-order valence-corrected chi connectivity index (χ2v) is 5.16. The second kappa shape index (κ2) is 3.08. The molecule has 0 unspecified atom stereocenters. The SMILES string of the molecule is NC1(C(=O)c2ccc(Cl)s2)CCC1. The standard InChI is InChI=1S/C9H10ClNOS/c10-7-3-2-6(13-7)8(12)9(11)4-1-5-9/h2-3H,1,4-5,11H2. The Labute approximate surface area is 85.7 Å². The number of carbonyl (C=O) groups is 1. The van der Waals surface area contributed by atoms with Crippen molar-refractivity contribution in [1.82, 2.24) is 0 Å². The lowest BCUT2D eigenvalue weighted by Gasteiger charge is -2.35. The summed E-state index contributed by atoms with van der Waals surface area (Å²) < 4.78 is 0.645. The predicted molar refractivity (Wildman–Crippen MR) is 54.4 cm³/mol. The van der Waals surface area contributed by atoms with E-state index in [0.717, 1.165) is 19.3 Å². The zero-order chi connectivity index (χ0) is 9.47. The predicted octanol–water partition coefficient (Wildman–Crippen LogP) is 2.47. The van der Waals surface area contributed by atoms with Crippen LogP contribution in [-0.4, -0.2) is 11.3 Å². The summed E-state index contributed by atoms with van der Waals surface area (Å²) in [6.07, 6.45) is 2.67. The summed E-state index contributed by atoms with van der Waals surface area (Å²) in [5.41, 5.74) is 5.31. The van der Waals surface area contributed by atoms with Crippen LogP contribution in [0.15, 0.2) is 12.1 Å². The third-order valence-electron chi connectivity index (χ3n) is 2.49. The Balaban J connectivity index is 2.22. The lowest BCUT2D eigenvalue weighted by Crippen LogP contribution is -2.53. The van der Waals surface area contributed by atoms with Crippen molar-refractivity contribution >= 4 is 28.7 Å². The number of thiophene rings is 1. The summed E-state index contributed by atoms with van der Waals surface area (Å²) in [6, 6.07) is 3.49. The number of ketones is 1. The second-order valence-electron chi connectivity index (χ2n) is 3.44. The van der Waals surface area contributed by atoms with E-state index >= 15 is 0 Å². The van der Waals surface area contributed by atoms with E-state index in [9.17, 15) is 4.79 Å². The third kappa shape index (κ3) is 1.52. The molecule has 0 saturated heterocycles. The molecule has 1 saturated carbocycles. The van der Waals surface area contributed by atoms with Crippen LogP contribution in [-0.2, 0) is 0 Å². The Morgan fingerprint density at radius 3 is 2.62 bits per heavy atom. The van der Waals surface area contributed by atoms with Crippen LogP contribution in [0.5, 0.6) is 0 Å². The summed E-state index contributed by atoms with van der Waals surface area (Å²) in [4.78, 5) is 12.5. The quantitative estimate of drug-likeness (QED) is 0.771. The fourth-order valence-electron chi connectivity index (χ4n) is 1.47. The highest BCUT2D eigenvalue weighted by molar-refractivity contribution is 7.18. The molecule has 1 heterocycles. The van der Waals surface area contributed by atoms with Crippen molar-refractivity contribution in [1.29, 1.82) is 0 Å². The molecule has 0 atom stereocenters. The normalized spacial score (nSPS) is 19.5. The van der Waals surface area contributed by atoms with Crippen LogP contribution < -0.4 is 5.73 Å². The molecule has 0 spiro atoms. The van der Waals surface area contributed by atoms with Gasteiger partial charge in [-0.05, 0) is 31.4 Å². The van der Waals surface area contributed by atoms with Gasteiger partial charge in [-0.25, -0.2) is 0 Å². The van der Waals surface area contributed by atoms with Gasteiger partial charge in [-0.3, -0.25) is 4.79 Å². The van der Waals surface area contributed by atoms with Crippen LogP contribution in [0.4, 0.5) is 0 Å². The molecule has 0 aromatic carbocycles. The minimum Gasteiger partial charge on any atom is -0.319 e. The molecule has 1 aromatic rings. The highest BCUT2D eigenvalue weighted by atomic mass is 35.5. The van der Waals surface area contributed by atoms with Gasteiger partial charge in [0.1, 0.15) is 0 Å². The van der Waals surface area contributed by atoms with E-state index in [4.69, 9.17) is 17.3 Å². The van der Waals surface area contributed by atoms with Crippen LogP contribution in [0.25, 0.3) is 0 Å². The van der Waals surface area contributed by atoms with Crippen molar-refractivity contribution in [2.75, 3.05) is 0 Å². The van der Waals surface area contributed by atoms with Crippen LogP contribution in [0.1, 0.15) is 28.9 Å². The van der Waals surface area contributed by atoms with Crippen molar-refractivity contribution < 1.29 is 4.79 Å². The summed E-state index contributed by atoms with van der Waals surface area (Å²) in [5, 5.41) is 0. The summed E-state index contributed by atoms with van der Waals surface area (Å²) in [7, 11) is 0. The summed E-state index contributed by atoms with van der Waals surface area (Å²) in [5.74, 6) is 0.0515. The summed E-state index contributed by atoms with van der Waals surface area (Å²) in [6.45, 7) is 0. The topological polar surface area (TPSA) is 43.1 Å². The number of rotatable bonds is 2. The lowest BCUT2D eigenvalue weighted by molar-refractivity contribution is 0.0805. The maximum Gasteiger partial charge on any atom is 0.192 e. The van der Waals surface area contributed by atoms with Gasteiger partial charge in [-0.2, -0.15) is 0 Å². The van der Waals surface area contributed by atoms with E-state index in [1.54, 1.807) is 12.1 Å². The van der Waals surface area contributed by atoms with Crippen molar-refractivity contribution in [3.05, 3.63) is 21.3 Å². The zero-order valence-electron chi connectivity index (χ0n) is 7.05.